The zero-order valence-electron chi connectivity index (χ0n) is 19.7. The van der Waals surface area contributed by atoms with E-state index < -0.39 is 6.10 Å². The highest BCUT2D eigenvalue weighted by molar-refractivity contribution is 6.14. The number of piperidine rings is 1. The molecule has 2 fully saturated rings. The quantitative estimate of drug-likeness (QED) is 0.341. The summed E-state index contributed by atoms with van der Waals surface area (Å²) in [5.41, 5.74) is 8.30. The van der Waals surface area contributed by atoms with Gasteiger partial charge in [0.25, 0.3) is 0 Å². The number of rotatable bonds is 5. The van der Waals surface area contributed by atoms with Gasteiger partial charge >= 0.3 is 6.01 Å². The lowest BCUT2D eigenvalue weighted by atomic mass is 9.98. The zero-order chi connectivity index (χ0) is 24.4. The fraction of sp³-hybridized carbons (Fsp3) is 0.417. The molecule has 11 heteroatoms. The van der Waals surface area contributed by atoms with Gasteiger partial charge in [0.15, 0.2) is 11.6 Å². The summed E-state index contributed by atoms with van der Waals surface area (Å²) < 4.78 is 20.5. The maximum atomic E-state index is 14.5. The smallest absolute Gasteiger partial charge is 0.326 e. The van der Waals surface area contributed by atoms with Gasteiger partial charge in [0.05, 0.1) is 29.0 Å². The van der Waals surface area contributed by atoms with Crippen LogP contribution < -0.4 is 20.7 Å². The van der Waals surface area contributed by atoms with Gasteiger partial charge in [-0.05, 0) is 37.3 Å². The van der Waals surface area contributed by atoms with Crippen LogP contribution in [0.2, 0.25) is 0 Å². The van der Waals surface area contributed by atoms with Gasteiger partial charge in [0.1, 0.15) is 23.4 Å². The summed E-state index contributed by atoms with van der Waals surface area (Å²) in [4.78, 5) is 23.3. The van der Waals surface area contributed by atoms with E-state index in [0.29, 0.717) is 45.9 Å². The van der Waals surface area contributed by atoms with E-state index in [1.54, 1.807) is 14.0 Å². The maximum Gasteiger partial charge on any atom is 0.326 e. The number of H-pyrrole nitrogens is 1. The standard InChI is InChI=1S/C24H27FN8O2/c1-10-15-9-33(18(10)6-16(15)26)23-19-14-4-12(25)5-17(27-3)20(14)30-22(19)31-24(32-23)35-13-7-28-21(11(2)34)29-8-13/h4-5,7-8,10-11,15-16,18,27,34H,6,9,26H2,1-3H3,(H,30,31,32)/t10-,11?,15?,16-,18+/m1/s1. The van der Waals surface area contributed by atoms with Gasteiger partial charge in [-0.3, -0.25) is 0 Å². The van der Waals surface area contributed by atoms with Gasteiger partial charge in [-0.15, -0.1) is 0 Å². The molecule has 1 aromatic carbocycles. The van der Waals surface area contributed by atoms with Crippen LogP contribution >= 0.6 is 0 Å². The second-order valence-electron chi connectivity index (χ2n) is 9.50. The van der Waals surface area contributed by atoms with Crippen molar-refractivity contribution in [3.8, 4) is 11.8 Å². The third kappa shape index (κ3) is 3.45. The van der Waals surface area contributed by atoms with Crippen LogP contribution in [0.3, 0.4) is 0 Å². The normalized spacial score (nSPS) is 24.5. The molecule has 35 heavy (non-hydrogen) atoms. The predicted octanol–water partition coefficient (Wildman–Crippen LogP) is 3.10. The topological polar surface area (TPSA) is 138 Å². The maximum absolute atomic E-state index is 14.5. The van der Waals surface area contributed by atoms with Gasteiger partial charge in [0.2, 0.25) is 0 Å². The first kappa shape index (κ1) is 21.9. The number of aromatic amines is 1. The van der Waals surface area contributed by atoms with Gasteiger partial charge < -0.3 is 30.8 Å². The third-order valence-electron chi connectivity index (χ3n) is 7.41. The van der Waals surface area contributed by atoms with Crippen molar-refractivity contribution in [1.29, 1.82) is 0 Å². The molecule has 1 saturated carbocycles. The van der Waals surface area contributed by atoms with E-state index in [0.717, 1.165) is 23.9 Å². The Morgan fingerprint density at radius 2 is 2.06 bits per heavy atom. The Hall–Kier alpha value is -3.57. The van der Waals surface area contributed by atoms with Crippen LogP contribution in [0.25, 0.3) is 21.9 Å². The molecule has 6 rings (SSSR count). The molecule has 182 valence electrons. The van der Waals surface area contributed by atoms with Crippen molar-refractivity contribution < 1.29 is 14.2 Å². The fourth-order valence-electron chi connectivity index (χ4n) is 5.64. The van der Waals surface area contributed by atoms with Crippen molar-refractivity contribution in [3.05, 3.63) is 36.2 Å². The molecular formula is C24H27FN8O2. The molecule has 4 heterocycles. The first-order chi connectivity index (χ1) is 16.8. The van der Waals surface area contributed by atoms with E-state index >= 15 is 0 Å². The molecule has 2 aliphatic rings. The average molecular weight is 479 g/mol. The van der Waals surface area contributed by atoms with Crippen molar-refractivity contribution in [2.45, 2.75) is 38.5 Å². The summed E-state index contributed by atoms with van der Waals surface area (Å²) >= 11 is 0. The summed E-state index contributed by atoms with van der Waals surface area (Å²) in [6, 6.07) is 3.48. The molecule has 1 saturated heterocycles. The number of nitrogens with one attached hydrogen (secondary N) is 2. The van der Waals surface area contributed by atoms with Gasteiger partial charge in [0, 0.05) is 31.1 Å². The summed E-state index contributed by atoms with van der Waals surface area (Å²) in [7, 11) is 1.75. The van der Waals surface area contributed by atoms with E-state index in [4.69, 9.17) is 15.5 Å². The molecule has 0 spiro atoms. The average Bonchev–Trinajstić information content (AvgIpc) is 3.45. The highest BCUT2D eigenvalue weighted by Gasteiger charge is 2.49. The van der Waals surface area contributed by atoms with Gasteiger partial charge in [-0.2, -0.15) is 9.97 Å². The number of nitrogens with two attached hydrogens (primary N) is 1. The number of aromatic nitrogens is 5. The number of aliphatic hydroxyl groups is 1. The largest absolute Gasteiger partial charge is 0.421 e. The molecule has 5 N–H and O–H groups in total. The SMILES string of the molecule is CNc1cc(F)cc2c1[nH]c1nc(Oc3cnc(C(C)O)nc3)nc(N3CC4[C@H](N)C[C@H]3[C@@H]4C)c12. The fourth-order valence-corrected chi connectivity index (χ4v) is 5.64. The van der Waals surface area contributed by atoms with Crippen LogP contribution in [0.15, 0.2) is 24.5 Å². The number of ether oxygens (including phenoxy) is 1. The van der Waals surface area contributed by atoms with Crippen molar-refractivity contribution in [2.24, 2.45) is 17.6 Å². The number of hydrogen-bond donors (Lipinski definition) is 4. The molecule has 2 bridgehead atoms. The van der Waals surface area contributed by atoms with Crippen LogP contribution in [0.4, 0.5) is 15.9 Å². The number of anilines is 2. The Balaban J connectivity index is 1.51. The Morgan fingerprint density at radius 3 is 2.69 bits per heavy atom. The molecule has 10 nitrogen and oxygen atoms in total. The van der Waals surface area contributed by atoms with E-state index in [1.807, 2.05) is 0 Å². The zero-order valence-corrected chi connectivity index (χ0v) is 19.7. The van der Waals surface area contributed by atoms with Crippen molar-refractivity contribution in [1.82, 2.24) is 24.9 Å². The third-order valence-corrected chi connectivity index (χ3v) is 7.41. The van der Waals surface area contributed by atoms with E-state index in [9.17, 15) is 9.50 Å². The Labute approximate surface area is 200 Å². The minimum Gasteiger partial charge on any atom is -0.421 e. The molecule has 4 aromatic rings. The number of halogens is 1. The second kappa shape index (κ2) is 7.99. The molecule has 3 aromatic heterocycles. The van der Waals surface area contributed by atoms with Crippen LogP contribution in [0.5, 0.6) is 11.8 Å². The Morgan fingerprint density at radius 1 is 1.29 bits per heavy atom. The minimum absolute atomic E-state index is 0.124. The van der Waals surface area contributed by atoms with Crippen LogP contribution in [0, 0.1) is 17.7 Å². The van der Waals surface area contributed by atoms with Crippen molar-refractivity contribution >= 4 is 33.4 Å². The lowest BCUT2D eigenvalue weighted by Gasteiger charge is -2.31. The lowest BCUT2D eigenvalue weighted by Crippen LogP contribution is -2.41. The number of aliphatic hydroxyl groups excluding tert-OH is 1. The molecule has 2 unspecified atom stereocenters. The molecule has 0 radical (unpaired) electrons. The van der Waals surface area contributed by atoms with Gasteiger partial charge in [-0.1, -0.05) is 6.92 Å². The number of hydrogen-bond acceptors (Lipinski definition) is 9. The predicted molar refractivity (Wildman–Crippen MR) is 130 cm³/mol. The highest BCUT2D eigenvalue weighted by Crippen LogP contribution is 2.46. The van der Waals surface area contributed by atoms with Gasteiger partial charge in [-0.25, -0.2) is 14.4 Å². The van der Waals surface area contributed by atoms with Crippen LogP contribution in [-0.4, -0.2) is 55.7 Å². The number of benzene rings is 1. The van der Waals surface area contributed by atoms with Crippen LogP contribution in [-0.2, 0) is 0 Å². The molecule has 0 amide bonds. The molecular weight excluding hydrogens is 451 g/mol. The summed E-state index contributed by atoms with van der Waals surface area (Å²) in [6.07, 6.45) is 3.04. The Kier molecular flexibility index (Phi) is 5.01. The highest BCUT2D eigenvalue weighted by atomic mass is 19.1. The summed E-state index contributed by atoms with van der Waals surface area (Å²) in [5, 5.41) is 14.2. The van der Waals surface area contributed by atoms with E-state index in [2.05, 4.69) is 37.1 Å². The van der Waals surface area contributed by atoms with E-state index in [-0.39, 0.29) is 23.9 Å². The molecule has 5 atom stereocenters. The molecule has 1 aliphatic carbocycles. The van der Waals surface area contributed by atoms with Crippen LogP contribution in [0.1, 0.15) is 32.2 Å². The summed E-state index contributed by atoms with van der Waals surface area (Å²) in [6.45, 7) is 4.59. The Bertz CT molecular complexity index is 1420. The minimum atomic E-state index is -0.782. The molecule has 1 aliphatic heterocycles. The van der Waals surface area contributed by atoms with Crippen molar-refractivity contribution in [2.75, 3.05) is 23.8 Å². The first-order valence-electron chi connectivity index (χ1n) is 11.7. The monoisotopic (exact) mass is 478 g/mol. The van der Waals surface area contributed by atoms with E-state index in [1.165, 1.54) is 24.5 Å². The second-order valence-corrected chi connectivity index (χ2v) is 9.50. The summed E-state index contributed by atoms with van der Waals surface area (Å²) in [5.74, 6) is 1.78. The number of fused-ring (bicyclic) bond motifs is 5. The number of nitrogens with zero attached hydrogens (tertiary/aromatic N) is 5. The lowest BCUT2D eigenvalue weighted by molar-refractivity contribution is 0.188. The first-order valence-corrected chi connectivity index (χ1v) is 11.7. The van der Waals surface area contributed by atoms with Crippen molar-refractivity contribution in [3.63, 3.8) is 0 Å².